The molecule has 5 rings (SSSR count). The number of piperidine rings is 1. The summed E-state index contributed by atoms with van der Waals surface area (Å²) in [6.07, 6.45) is 3.37. The van der Waals surface area contributed by atoms with Crippen LogP contribution in [-0.4, -0.2) is 41.5 Å². The van der Waals surface area contributed by atoms with E-state index in [4.69, 9.17) is 10.7 Å². The predicted molar refractivity (Wildman–Crippen MR) is 116 cm³/mol. The van der Waals surface area contributed by atoms with E-state index >= 15 is 0 Å². The van der Waals surface area contributed by atoms with Crippen molar-refractivity contribution in [3.05, 3.63) is 71.3 Å². The number of fused-ring (bicyclic) bond motifs is 2. The maximum atomic E-state index is 12.0. The van der Waals surface area contributed by atoms with Gasteiger partial charge in [-0.2, -0.15) is 0 Å². The van der Waals surface area contributed by atoms with Gasteiger partial charge in [-0.1, -0.05) is 42.5 Å². The number of aromatic nitrogens is 1. The third kappa shape index (κ3) is 3.47. The molecule has 1 saturated heterocycles. The Balaban J connectivity index is 1.32. The number of primary amides is 1. The minimum absolute atomic E-state index is 0.397. The van der Waals surface area contributed by atoms with Crippen molar-refractivity contribution in [1.29, 1.82) is 0 Å². The van der Waals surface area contributed by atoms with Gasteiger partial charge in [-0.05, 0) is 42.5 Å². The highest BCUT2D eigenvalue weighted by Gasteiger charge is 2.28. The van der Waals surface area contributed by atoms with E-state index < -0.39 is 5.91 Å². The zero-order chi connectivity index (χ0) is 19.8. The second-order valence-electron chi connectivity index (χ2n) is 8.12. The first kappa shape index (κ1) is 18.1. The van der Waals surface area contributed by atoms with E-state index in [2.05, 4.69) is 34.1 Å². The molecule has 1 amide bonds. The summed E-state index contributed by atoms with van der Waals surface area (Å²) in [6.45, 7) is 4.10. The van der Waals surface area contributed by atoms with Gasteiger partial charge in [0.1, 0.15) is 5.82 Å². The van der Waals surface area contributed by atoms with Gasteiger partial charge in [0.05, 0.1) is 11.1 Å². The molecule has 0 atom stereocenters. The number of rotatable bonds is 3. The first-order chi connectivity index (χ1) is 14.2. The number of amides is 1. The molecule has 3 aromatic rings. The molecule has 2 N–H and O–H groups in total. The van der Waals surface area contributed by atoms with Crippen LogP contribution in [0.15, 0.2) is 54.6 Å². The number of hydrogen-bond acceptors (Lipinski definition) is 4. The van der Waals surface area contributed by atoms with Crippen molar-refractivity contribution in [3.63, 3.8) is 0 Å². The highest BCUT2D eigenvalue weighted by Crippen LogP contribution is 2.28. The number of carbonyl (C=O) groups excluding carboxylic acids is 1. The fourth-order valence-electron chi connectivity index (χ4n) is 4.82. The van der Waals surface area contributed by atoms with Crippen LogP contribution in [0, 0.1) is 0 Å². The average molecular weight is 386 g/mol. The van der Waals surface area contributed by atoms with Gasteiger partial charge in [0.15, 0.2) is 0 Å². The first-order valence-corrected chi connectivity index (χ1v) is 10.4. The largest absolute Gasteiger partial charge is 0.366 e. The van der Waals surface area contributed by atoms with Crippen LogP contribution < -0.4 is 10.6 Å². The van der Waals surface area contributed by atoms with E-state index in [0.29, 0.717) is 11.6 Å². The van der Waals surface area contributed by atoms with Crippen molar-refractivity contribution < 1.29 is 4.79 Å². The summed E-state index contributed by atoms with van der Waals surface area (Å²) in [5, 5.41) is 0.825. The second kappa shape index (κ2) is 7.48. The maximum Gasteiger partial charge on any atom is 0.249 e. The van der Waals surface area contributed by atoms with Crippen LogP contribution in [0.2, 0.25) is 0 Å². The number of nitrogens with two attached hydrogens (primary N) is 1. The Morgan fingerprint density at radius 1 is 0.966 bits per heavy atom. The minimum Gasteiger partial charge on any atom is -0.366 e. The molecule has 0 spiro atoms. The monoisotopic (exact) mass is 386 g/mol. The summed E-state index contributed by atoms with van der Waals surface area (Å²) in [6, 6.07) is 19.0. The lowest BCUT2D eigenvalue weighted by molar-refractivity contribution is 0.100. The van der Waals surface area contributed by atoms with Gasteiger partial charge in [-0.25, -0.2) is 4.98 Å². The van der Waals surface area contributed by atoms with E-state index in [0.717, 1.165) is 62.2 Å². The molecule has 29 heavy (non-hydrogen) atoms. The lowest BCUT2D eigenvalue weighted by Crippen LogP contribution is -2.46. The Labute approximate surface area is 171 Å². The number of carbonyl (C=O) groups is 1. The SMILES string of the molecule is NC(=O)c1cc(N2CCC(N3CCc4ccccc4C3)CC2)nc2ccccc12. The zero-order valence-corrected chi connectivity index (χ0v) is 16.6. The smallest absolute Gasteiger partial charge is 0.249 e. The summed E-state index contributed by atoms with van der Waals surface area (Å²) < 4.78 is 0. The predicted octanol–water partition coefficient (Wildman–Crippen LogP) is 3.36. The lowest BCUT2D eigenvalue weighted by Gasteiger charge is -2.41. The van der Waals surface area contributed by atoms with Crippen molar-refractivity contribution >= 4 is 22.6 Å². The number of pyridine rings is 1. The van der Waals surface area contributed by atoms with Crippen molar-refractivity contribution in [1.82, 2.24) is 9.88 Å². The summed E-state index contributed by atoms with van der Waals surface area (Å²) in [5.74, 6) is 0.464. The molecular formula is C24H26N4O. The summed E-state index contributed by atoms with van der Waals surface area (Å²) in [7, 11) is 0. The fourth-order valence-corrected chi connectivity index (χ4v) is 4.82. The Morgan fingerprint density at radius 2 is 1.69 bits per heavy atom. The van der Waals surface area contributed by atoms with Crippen molar-refractivity contribution in [3.8, 4) is 0 Å². The van der Waals surface area contributed by atoms with Crippen LogP contribution in [0.4, 0.5) is 5.82 Å². The topological polar surface area (TPSA) is 62.5 Å². The summed E-state index contributed by atoms with van der Waals surface area (Å²) >= 11 is 0. The molecule has 0 saturated carbocycles. The maximum absolute atomic E-state index is 12.0. The lowest BCUT2D eigenvalue weighted by atomic mass is 9.95. The summed E-state index contributed by atoms with van der Waals surface area (Å²) in [5.41, 5.74) is 10.0. The van der Waals surface area contributed by atoms with Gasteiger partial charge in [0, 0.05) is 37.6 Å². The first-order valence-electron chi connectivity index (χ1n) is 10.4. The highest BCUT2D eigenvalue weighted by atomic mass is 16.1. The van der Waals surface area contributed by atoms with E-state index in [1.807, 2.05) is 30.3 Å². The average Bonchev–Trinajstić information content (AvgIpc) is 2.78. The summed E-state index contributed by atoms with van der Waals surface area (Å²) in [4.78, 5) is 21.7. The molecule has 0 unspecified atom stereocenters. The number of para-hydroxylation sites is 1. The fraction of sp³-hybridized carbons (Fsp3) is 0.333. The van der Waals surface area contributed by atoms with Gasteiger partial charge < -0.3 is 10.6 Å². The zero-order valence-electron chi connectivity index (χ0n) is 16.6. The van der Waals surface area contributed by atoms with E-state index in [1.165, 1.54) is 11.1 Å². The molecule has 3 heterocycles. The quantitative estimate of drug-likeness (QED) is 0.750. The van der Waals surface area contributed by atoms with Crippen LogP contribution >= 0.6 is 0 Å². The third-order valence-corrected chi connectivity index (χ3v) is 6.43. The van der Waals surface area contributed by atoms with Crippen LogP contribution in [0.3, 0.4) is 0 Å². The molecule has 2 aliphatic heterocycles. The van der Waals surface area contributed by atoms with Gasteiger partial charge >= 0.3 is 0 Å². The molecule has 2 aromatic carbocycles. The molecular weight excluding hydrogens is 360 g/mol. The van der Waals surface area contributed by atoms with Crippen LogP contribution in [0.1, 0.15) is 34.3 Å². The Bertz CT molecular complexity index is 1060. The third-order valence-electron chi connectivity index (χ3n) is 6.43. The van der Waals surface area contributed by atoms with E-state index in [9.17, 15) is 4.79 Å². The van der Waals surface area contributed by atoms with Crippen LogP contribution in [0.25, 0.3) is 10.9 Å². The Kier molecular flexibility index (Phi) is 4.68. The van der Waals surface area contributed by atoms with Crippen molar-refractivity contribution in [2.24, 2.45) is 5.73 Å². The van der Waals surface area contributed by atoms with E-state index in [1.54, 1.807) is 0 Å². The number of benzene rings is 2. The molecule has 2 aliphatic rings. The minimum atomic E-state index is -0.397. The molecule has 5 heteroatoms. The van der Waals surface area contributed by atoms with Crippen molar-refractivity contribution in [2.75, 3.05) is 24.5 Å². The van der Waals surface area contributed by atoms with Gasteiger partial charge in [-0.15, -0.1) is 0 Å². The Morgan fingerprint density at radius 3 is 2.48 bits per heavy atom. The molecule has 1 fully saturated rings. The molecule has 5 nitrogen and oxygen atoms in total. The molecule has 0 aliphatic carbocycles. The standard InChI is InChI=1S/C24H26N4O/c25-24(29)21-15-23(26-22-8-4-3-7-20(21)22)27-13-10-19(11-14-27)28-12-9-17-5-1-2-6-18(17)16-28/h1-8,15,19H,9-14,16H2,(H2,25,29). The molecule has 0 bridgehead atoms. The molecule has 0 radical (unpaired) electrons. The number of anilines is 1. The molecule has 1 aromatic heterocycles. The number of nitrogens with zero attached hydrogens (tertiary/aromatic N) is 3. The normalized spacial score (nSPS) is 18.0. The van der Waals surface area contributed by atoms with Gasteiger partial charge in [0.25, 0.3) is 0 Å². The van der Waals surface area contributed by atoms with E-state index in [-0.39, 0.29) is 0 Å². The van der Waals surface area contributed by atoms with Gasteiger partial charge in [-0.3, -0.25) is 9.69 Å². The van der Waals surface area contributed by atoms with Gasteiger partial charge in [0.2, 0.25) is 5.91 Å². The van der Waals surface area contributed by atoms with Crippen LogP contribution in [0.5, 0.6) is 0 Å². The van der Waals surface area contributed by atoms with Crippen molar-refractivity contribution in [2.45, 2.75) is 31.8 Å². The van der Waals surface area contributed by atoms with Crippen LogP contribution in [-0.2, 0) is 13.0 Å². The highest BCUT2D eigenvalue weighted by molar-refractivity contribution is 6.06. The number of hydrogen-bond donors (Lipinski definition) is 1. The Hall–Kier alpha value is -2.92. The molecule has 148 valence electrons. The second-order valence-corrected chi connectivity index (χ2v) is 8.12.